The lowest BCUT2D eigenvalue weighted by Crippen LogP contribution is -2.39. The number of ketones is 1. The standard InChI is InChI=1S/C8H6Br2O2/c1-8-3-2-4(12-8)5(9)6(10)7(8)11/h2-4H,1H3/t4-,8+/m1/s1. The fourth-order valence-electron chi connectivity index (χ4n) is 1.33. The predicted molar refractivity (Wildman–Crippen MR) is 52.3 cm³/mol. The monoisotopic (exact) mass is 292 g/mol. The van der Waals surface area contributed by atoms with E-state index in [1.54, 1.807) is 13.0 Å². The largest absolute Gasteiger partial charge is 0.350 e. The number of carbonyl (C=O) groups is 1. The molecule has 0 N–H and O–H groups in total. The van der Waals surface area contributed by atoms with Crippen molar-refractivity contribution in [2.45, 2.75) is 18.6 Å². The second-order valence-corrected chi connectivity index (χ2v) is 4.64. The molecule has 2 heterocycles. The molecule has 4 heteroatoms. The van der Waals surface area contributed by atoms with Crippen LogP contribution in [-0.4, -0.2) is 17.5 Å². The van der Waals surface area contributed by atoms with E-state index in [4.69, 9.17) is 4.74 Å². The molecule has 0 aliphatic carbocycles. The molecule has 2 atom stereocenters. The van der Waals surface area contributed by atoms with Gasteiger partial charge in [-0.3, -0.25) is 4.79 Å². The van der Waals surface area contributed by atoms with Crippen molar-refractivity contribution in [2.75, 3.05) is 0 Å². The highest BCUT2D eigenvalue weighted by Crippen LogP contribution is 2.41. The molecule has 0 fully saturated rings. The summed E-state index contributed by atoms with van der Waals surface area (Å²) in [5.41, 5.74) is -0.749. The number of carbonyl (C=O) groups excluding carboxylic acids is 1. The van der Waals surface area contributed by atoms with Crippen molar-refractivity contribution in [3.05, 3.63) is 21.1 Å². The van der Waals surface area contributed by atoms with Gasteiger partial charge in [-0.1, -0.05) is 22.0 Å². The molecule has 0 spiro atoms. The van der Waals surface area contributed by atoms with Crippen LogP contribution in [0.2, 0.25) is 0 Å². The van der Waals surface area contributed by atoms with Crippen molar-refractivity contribution < 1.29 is 9.53 Å². The van der Waals surface area contributed by atoms with Crippen LogP contribution >= 0.6 is 31.9 Å². The van der Waals surface area contributed by atoms with Gasteiger partial charge in [-0.05, 0) is 28.9 Å². The third kappa shape index (κ3) is 0.980. The number of hydrogen-bond acceptors (Lipinski definition) is 2. The van der Waals surface area contributed by atoms with Gasteiger partial charge in [0.25, 0.3) is 0 Å². The maximum Gasteiger partial charge on any atom is 0.206 e. The molecule has 0 unspecified atom stereocenters. The number of fused-ring (bicyclic) bond motifs is 2. The van der Waals surface area contributed by atoms with Crippen LogP contribution < -0.4 is 0 Å². The van der Waals surface area contributed by atoms with Crippen LogP contribution in [-0.2, 0) is 9.53 Å². The summed E-state index contributed by atoms with van der Waals surface area (Å²) in [5.74, 6) is -0.0284. The smallest absolute Gasteiger partial charge is 0.206 e. The van der Waals surface area contributed by atoms with Crippen LogP contribution in [0.1, 0.15) is 6.92 Å². The first-order valence-corrected chi connectivity index (χ1v) is 5.10. The van der Waals surface area contributed by atoms with Gasteiger partial charge in [0.05, 0.1) is 4.48 Å². The van der Waals surface area contributed by atoms with E-state index in [0.717, 1.165) is 4.48 Å². The lowest BCUT2D eigenvalue weighted by molar-refractivity contribution is -0.133. The molecule has 0 aromatic carbocycles. The minimum absolute atomic E-state index is 0.0284. The lowest BCUT2D eigenvalue weighted by Gasteiger charge is -2.28. The highest BCUT2D eigenvalue weighted by molar-refractivity contribution is 9.14. The Morgan fingerprint density at radius 1 is 1.58 bits per heavy atom. The number of ether oxygens (including phenoxy) is 1. The molecule has 0 amide bonds. The zero-order valence-electron chi connectivity index (χ0n) is 6.30. The van der Waals surface area contributed by atoms with Crippen LogP contribution in [0.25, 0.3) is 0 Å². The highest BCUT2D eigenvalue weighted by Gasteiger charge is 2.45. The van der Waals surface area contributed by atoms with Gasteiger partial charge < -0.3 is 4.74 Å². The molecule has 0 saturated heterocycles. The van der Waals surface area contributed by atoms with Crippen LogP contribution in [0.3, 0.4) is 0 Å². The van der Waals surface area contributed by atoms with E-state index in [1.807, 2.05) is 6.08 Å². The first-order chi connectivity index (χ1) is 5.54. The van der Waals surface area contributed by atoms with E-state index in [9.17, 15) is 4.79 Å². The first-order valence-electron chi connectivity index (χ1n) is 3.52. The van der Waals surface area contributed by atoms with Crippen molar-refractivity contribution in [3.63, 3.8) is 0 Å². The van der Waals surface area contributed by atoms with Crippen molar-refractivity contribution in [1.29, 1.82) is 0 Å². The molecule has 0 saturated carbocycles. The topological polar surface area (TPSA) is 26.3 Å². The van der Waals surface area contributed by atoms with E-state index in [0.29, 0.717) is 4.48 Å². The Kier molecular flexibility index (Phi) is 1.82. The number of hydrogen-bond donors (Lipinski definition) is 0. The Balaban J connectivity index is 2.56. The molecule has 0 aromatic rings. The summed E-state index contributed by atoms with van der Waals surface area (Å²) in [6.45, 7) is 1.77. The number of Topliss-reactive ketones (excluding diaryl/α,β-unsaturated/α-hetero) is 1. The van der Waals surface area contributed by atoms with E-state index >= 15 is 0 Å². The Morgan fingerprint density at radius 2 is 2.25 bits per heavy atom. The SMILES string of the molecule is C[C@@]12C=C[C@@H](O1)C(Br)=C(Br)C2=O. The summed E-state index contributed by atoms with van der Waals surface area (Å²) >= 11 is 6.55. The van der Waals surface area contributed by atoms with Gasteiger partial charge in [0.1, 0.15) is 11.7 Å². The second-order valence-electron chi connectivity index (χ2n) is 3.00. The zero-order valence-corrected chi connectivity index (χ0v) is 9.48. The van der Waals surface area contributed by atoms with Gasteiger partial charge in [0.2, 0.25) is 5.78 Å². The fraction of sp³-hybridized carbons (Fsp3) is 0.375. The van der Waals surface area contributed by atoms with Crippen molar-refractivity contribution in [3.8, 4) is 0 Å². The fourth-order valence-corrected chi connectivity index (χ4v) is 2.38. The van der Waals surface area contributed by atoms with Crippen LogP contribution in [0.15, 0.2) is 21.1 Å². The molecule has 12 heavy (non-hydrogen) atoms. The van der Waals surface area contributed by atoms with E-state index in [2.05, 4.69) is 31.9 Å². The summed E-state index contributed by atoms with van der Waals surface area (Å²) in [4.78, 5) is 11.6. The summed E-state index contributed by atoms with van der Waals surface area (Å²) in [7, 11) is 0. The third-order valence-electron chi connectivity index (χ3n) is 2.07. The molecular weight excluding hydrogens is 288 g/mol. The van der Waals surface area contributed by atoms with Crippen LogP contribution in [0, 0.1) is 0 Å². The molecule has 2 aliphatic heterocycles. The molecular formula is C8H6Br2O2. The summed E-state index contributed by atoms with van der Waals surface area (Å²) < 4.78 is 6.85. The summed E-state index contributed by atoms with van der Waals surface area (Å²) in [6, 6.07) is 0. The van der Waals surface area contributed by atoms with Crippen molar-refractivity contribution in [2.24, 2.45) is 0 Å². The Hall–Kier alpha value is 0.0700. The minimum Gasteiger partial charge on any atom is -0.350 e. The van der Waals surface area contributed by atoms with Gasteiger partial charge in [0.15, 0.2) is 0 Å². The number of halogens is 2. The molecule has 2 nitrogen and oxygen atoms in total. The lowest BCUT2D eigenvalue weighted by atomic mass is 10.0. The zero-order chi connectivity index (χ0) is 8.93. The van der Waals surface area contributed by atoms with Gasteiger partial charge in [-0.25, -0.2) is 0 Å². The predicted octanol–water partition coefficient (Wildman–Crippen LogP) is 2.28. The molecule has 0 radical (unpaired) electrons. The molecule has 2 bridgehead atoms. The molecule has 64 valence electrons. The molecule has 2 rings (SSSR count). The average Bonchev–Trinajstić information content (AvgIpc) is 2.41. The normalized spacial score (nSPS) is 39.6. The van der Waals surface area contributed by atoms with Crippen LogP contribution in [0.5, 0.6) is 0 Å². The van der Waals surface area contributed by atoms with E-state index in [-0.39, 0.29) is 11.9 Å². The number of rotatable bonds is 0. The van der Waals surface area contributed by atoms with E-state index < -0.39 is 5.60 Å². The van der Waals surface area contributed by atoms with Gasteiger partial charge in [-0.2, -0.15) is 0 Å². The summed E-state index contributed by atoms with van der Waals surface area (Å²) in [6.07, 6.45) is 3.59. The Morgan fingerprint density at radius 3 is 2.92 bits per heavy atom. The summed E-state index contributed by atoms with van der Waals surface area (Å²) in [5, 5.41) is 0. The van der Waals surface area contributed by atoms with Crippen molar-refractivity contribution in [1.82, 2.24) is 0 Å². The van der Waals surface area contributed by atoms with Gasteiger partial charge >= 0.3 is 0 Å². The Labute approximate surface area is 86.9 Å². The quantitative estimate of drug-likeness (QED) is 0.641. The van der Waals surface area contributed by atoms with Gasteiger partial charge in [-0.15, -0.1) is 0 Å². The molecule has 2 aliphatic rings. The van der Waals surface area contributed by atoms with Gasteiger partial charge in [0, 0.05) is 4.48 Å². The average molecular weight is 294 g/mol. The minimum atomic E-state index is -0.749. The maximum absolute atomic E-state index is 11.6. The third-order valence-corrected chi connectivity index (χ3v) is 4.24. The first kappa shape index (κ1) is 8.66. The highest BCUT2D eigenvalue weighted by atomic mass is 79.9. The maximum atomic E-state index is 11.6. The van der Waals surface area contributed by atoms with E-state index in [1.165, 1.54) is 0 Å². The van der Waals surface area contributed by atoms with Crippen molar-refractivity contribution >= 4 is 37.6 Å². The Bertz CT molecular complexity index is 319. The second kappa shape index (κ2) is 2.53. The molecule has 0 aromatic heterocycles. The van der Waals surface area contributed by atoms with Crippen LogP contribution in [0.4, 0.5) is 0 Å².